The van der Waals surface area contributed by atoms with Crippen molar-refractivity contribution >= 4 is 17.6 Å². The maximum absolute atomic E-state index is 13.1. The first-order valence-electron chi connectivity index (χ1n) is 11.7. The number of methoxy groups -OCH3 is 2. The molecule has 1 unspecified atom stereocenters. The van der Waals surface area contributed by atoms with Crippen LogP contribution in [0.5, 0.6) is 11.5 Å². The Kier molecular flexibility index (Phi) is 7.36. The van der Waals surface area contributed by atoms with Crippen LogP contribution in [0.4, 0.5) is 0 Å². The number of hydrogen-bond acceptors (Lipinski definition) is 8. The highest BCUT2D eigenvalue weighted by atomic mass is 35.5. The fourth-order valence-electron chi connectivity index (χ4n) is 5.11. The quantitative estimate of drug-likeness (QED) is 0.480. The number of carbonyl (C=O) groups excluding carboxylic acids is 1. The average Bonchev–Trinajstić information content (AvgIpc) is 3.53. The number of ether oxygens (including phenoxy) is 3. The normalized spacial score (nSPS) is 21.1. The molecule has 1 saturated carbocycles. The molecule has 1 fully saturated rings. The third kappa shape index (κ3) is 4.87. The van der Waals surface area contributed by atoms with Gasteiger partial charge in [-0.2, -0.15) is 4.98 Å². The molecule has 184 valence electrons. The first kappa shape index (κ1) is 24.4. The molecule has 2 aromatic rings. The number of cyclic esters (lactones) is 1. The summed E-state index contributed by atoms with van der Waals surface area (Å²) in [6.45, 7) is 1.92. The second kappa shape index (κ2) is 10.3. The summed E-state index contributed by atoms with van der Waals surface area (Å²) in [7, 11) is 3.16. The molecule has 1 atom stereocenters. The van der Waals surface area contributed by atoms with E-state index < -0.39 is 11.6 Å². The molecular weight excluding hydrogens is 460 g/mol. The number of hydrogen-bond donors (Lipinski definition) is 1. The monoisotopic (exact) mass is 490 g/mol. The summed E-state index contributed by atoms with van der Waals surface area (Å²) in [4.78, 5) is 17.4. The lowest BCUT2D eigenvalue weighted by atomic mass is 9.76. The Balaban J connectivity index is 1.59. The third-order valence-corrected chi connectivity index (χ3v) is 7.28. The van der Waals surface area contributed by atoms with Crippen molar-refractivity contribution in [3.05, 3.63) is 45.8 Å². The Morgan fingerprint density at radius 3 is 2.56 bits per heavy atom. The molecule has 4 rings (SSSR count). The summed E-state index contributed by atoms with van der Waals surface area (Å²) in [5.41, 5.74) is 0.293. The van der Waals surface area contributed by atoms with Gasteiger partial charge in [-0.3, -0.25) is 0 Å². The number of rotatable bonds is 9. The van der Waals surface area contributed by atoms with Crippen molar-refractivity contribution in [3.63, 3.8) is 0 Å². The number of esters is 1. The Hall–Kier alpha value is -2.74. The van der Waals surface area contributed by atoms with Crippen molar-refractivity contribution in [1.82, 2.24) is 10.1 Å². The molecule has 1 aromatic carbocycles. The van der Waals surface area contributed by atoms with Crippen molar-refractivity contribution in [3.8, 4) is 11.5 Å². The standard InChI is InChI=1S/C25H31ClN2O6/c1-4-22-27-23(34-28-22)12-17-19(29)14-25(33-24(17)30,16-7-5-6-8-16)10-9-15-11-18(26)21(32-3)13-20(15)31-2/h11,13,16,29H,4-10,12,14H2,1-3H3. The highest BCUT2D eigenvalue weighted by Crippen LogP contribution is 2.46. The molecule has 2 heterocycles. The molecule has 1 aliphatic heterocycles. The molecule has 1 N–H and O–H groups in total. The summed E-state index contributed by atoms with van der Waals surface area (Å²) in [5.74, 6) is 1.75. The van der Waals surface area contributed by atoms with Gasteiger partial charge in [-0.05, 0) is 43.2 Å². The van der Waals surface area contributed by atoms with Gasteiger partial charge in [0.05, 0.1) is 31.2 Å². The SMILES string of the molecule is CCc1noc(CC2=C(O)CC(CCc3cc(Cl)c(OC)cc3OC)(C3CCCC3)OC2=O)n1. The first-order valence-corrected chi connectivity index (χ1v) is 12.1. The number of aliphatic hydroxyl groups is 1. The number of aromatic nitrogens is 2. The minimum atomic E-state index is -0.790. The van der Waals surface area contributed by atoms with E-state index >= 15 is 0 Å². The number of carbonyl (C=O) groups is 1. The van der Waals surface area contributed by atoms with Crippen LogP contribution in [0, 0.1) is 5.92 Å². The minimum absolute atomic E-state index is 0.0409. The maximum atomic E-state index is 13.1. The number of aryl methyl sites for hydroxylation is 2. The molecule has 1 aromatic heterocycles. The van der Waals surface area contributed by atoms with Crippen LogP contribution in [-0.2, 0) is 28.8 Å². The number of nitrogens with zero attached hydrogens (tertiary/aromatic N) is 2. The number of benzene rings is 1. The van der Waals surface area contributed by atoms with Gasteiger partial charge in [0, 0.05) is 18.9 Å². The van der Waals surface area contributed by atoms with Crippen LogP contribution in [0.1, 0.15) is 62.7 Å². The van der Waals surface area contributed by atoms with E-state index in [4.69, 9.17) is 30.3 Å². The molecule has 2 aliphatic rings. The Morgan fingerprint density at radius 1 is 1.21 bits per heavy atom. The second-order valence-corrected chi connectivity index (χ2v) is 9.38. The Bertz CT molecular complexity index is 1080. The maximum Gasteiger partial charge on any atom is 0.338 e. The second-order valence-electron chi connectivity index (χ2n) is 8.97. The summed E-state index contributed by atoms with van der Waals surface area (Å²) in [6.07, 6.45) is 6.15. The summed E-state index contributed by atoms with van der Waals surface area (Å²) >= 11 is 6.36. The van der Waals surface area contributed by atoms with Crippen LogP contribution in [-0.4, -0.2) is 41.0 Å². The fourth-order valence-corrected chi connectivity index (χ4v) is 5.37. The summed E-state index contributed by atoms with van der Waals surface area (Å²) < 4.78 is 22.2. The van der Waals surface area contributed by atoms with Crippen molar-refractivity contribution in [2.75, 3.05) is 14.2 Å². The topological polar surface area (TPSA) is 104 Å². The van der Waals surface area contributed by atoms with Gasteiger partial charge in [0.1, 0.15) is 22.9 Å². The van der Waals surface area contributed by atoms with E-state index in [0.29, 0.717) is 47.5 Å². The molecule has 9 heteroatoms. The van der Waals surface area contributed by atoms with Gasteiger partial charge in [-0.25, -0.2) is 4.79 Å². The zero-order valence-electron chi connectivity index (χ0n) is 19.9. The van der Waals surface area contributed by atoms with Crippen molar-refractivity contribution < 1.29 is 28.6 Å². The van der Waals surface area contributed by atoms with E-state index in [1.165, 1.54) is 0 Å². The van der Waals surface area contributed by atoms with Crippen LogP contribution in [0.2, 0.25) is 5.02 Å². The van der Waals surface area contributed by atoms with Gasteiger partial charge in [0.15, 0.2) is 5.82 Å². The number of aliphatic hydroxyl groups excluding tert-OH is 1. The van der Waals surface area contributed by atoms with Gasteiger partial charge in [-0.1, -0.05) is 36.5 Å². The smallest absolute Gasteiger partial charge is 0.338 e. The van der Waals surface area contributed by atoms with Crippen LogP contribution in [0.15, 0.2) is 28.0 Å². The lowest BCUT2D eigenvalue weighted by Gasteiger charge is -2.41. The largest absolute Gasteiger partial charge is 0.512 e. The van der Waals surface area contributed by atoms with Gasteiger partial charge in [-0.15, -0.1) is 0 Å². The Morgan fingerprint density at radius 2 is 1.94 bits per heavy atom. The molecule has 1 aliphatic carbocycles. The van der Waals surface area contributed by atoms with Gasteiger partial charge >= 0.3 is 5.97 Å². The first-order chi connectivity index (χ1) is 16.4. The van der Waals surface area contributed by atoms with Gasteiger partial charge in [0.25, 0.3) is 0 Å². The van der Waals surface area contributed by atoms with Crippen LogP contribution in [0.25, 0.3) is 0 Å². The van der Waals surface area contributed by atoms with E-state index in [1.807, 2.05) is 13.0 Å². The third-order valence-electron chi connectivity index (χ3n) is 6.98. The predicted octanol–water partition coefficient (Wildman–Crippen LogP) is 5.17. The lowest BCUT2D eigenvalue weighted by molar-refractivity contribution is -0.167. The van der Waals surface area contributed by atoms with Crippen LogP contribution < -0.4 is 9.47 Å². The zero-order valence-corrected chi connectivity index (χ0v) is 20.6. The highest BCUT2D eigenvalue weighted by molar-refractivity contribution is 6.32. The lowest BCUT2D eigenvalue weighted by Crippen LogP contribution is -2.46. The van der Waals surface area contributed by atoms with Crippen molar-refractivity contribution in [1.29, 1.82) is 0 Å². The van der Waals surface area contributed by atoms with E-state index in [-0.39, 0.29) is 30.1 Å². The van der Waals surface area contributed by atoms with E-state index in [1.54, 1.807) is 20.3 Å². The van der Waals surface area contributed by atoms with Gasteiger partial charge < -0.3 is 23.8 Å². The summed E-state index contributed by atoms with van der Waals surface area (Å²) in [6, 6.07) is 3.59. The van der Waals surface area contributed by atoms with Gasteiger partial charge in [0.2, 0.25) is 5.89 Å². The highest BCUT2D eigenvalue weighted by Gasteiger charge is 2.48. The summed E-state index contributed by atoms with van der Waals surface area (Å²) in [5, 5.41) is 15.4. The minimum Gasteiger partial charge on any atom is -0.512 e. The fraction of sp³-hybridized carbons (Fsp3) is 0.560. The number of halogens is 1. The molecule has 0 amide bonds. The molecule has 0 spiro atoms. The zero-order chi connectivity index (χ0) is 24.3. The molecule has 8 nitrogen and oxygen atoms in total. The van der Waals surface area contributed by atoms with E-state index in [2.05, 4.69) is 10.1 Å². The molecule has 0 saturated heterocycles. The molecule has 34 heavy (non-hydrogen) atoms. The Labute approximate surface area is 204 Å². The molecule has 0 radical (unpaired) electrons. The predicted molar refractivity (Wildman–Crippen MR) is 125 cm³/mol. The van der Waals surface area contributed by atoms with Crippen LogP contribution >= 0.6 is 11.6 Å². The molecule has 0 bridgehead atoms. The van der Waals surface area contributed by atoms with Crippen LogP contribution in [0.3, 0.4) is 0 Å². The molecular formula is C25H31ClN2O6. The average molecular weight is 491 g/mol. The van der Waals surface area contributed by atoms with Crippen molar-refractivity contribution in [2.45, 2.75) is 70.3 Å². The van der Waals surface area contributed by atoms with E-state index in [0.717, 1.165) is 31.2 Å². The van der Waals surface area contributed by atoms with Crippen molar-refractivity contribution in [2.24, 2.45) is 5.92 Å². The van der Waals surface area contributed by atoms with E-state index in [9.17, 15) is 9.90 Å².